The minimum atomic E-state index is -3.92. The predicted octanol–water partition coefficient (Wildman–Crippen LogP) is 1.39. The molecule has 0 fully saturated rings. The highest BCUT2D eigenvalue weighted by Gasteiger charge is 2.05. The Kier molecular flexibility index (Phi) is 9.30. The van der Waals surface area contributed by atoms with Crippen molar-refractivity contribution in [1.29, 1.82) is 0 Å². The Morgan fingerprint density at radius 2 is 1.82 bits per heavy atom. The Hall–Kier alpha value is -0.460. The summed E-state index contributed by atoms with van der Waals surface area (Å²) < 4.78 is 29.2. The Labute approximate surface area is 104 Å². The first-order valence-corrected chi connectivity index (χ1v) is 7.74. The van der Waals surface area contributed by atoms with Gasteiger partial charge in [-0.25, -0.2) is 0 Å². The molecule has 0 saturated heterocycles. The molecule has 0 heterocycles. The minimum absolute atomic E-state index is 0.0943. The molecule has 0 spiro atoms. The summed E-state index contributed by atoms with van der Waals surface area (Å²) in [6, 6.07) is 0. The van der Waals surface area contributed by atoms with Crippen LogP contribution in [0.3, 0.4) is 0 Å². The second-order valence-electron chi connectivity index (χ2n) is 4.17. The van der Waals surface area contributed by atoms with Crippen LogP contribution in [0, 0.1) is 0 Å². The van der Waals surface area contributed by atoms with Gasteiger partial charge in [0.2, 0.25) is 0 Å². The van der Waals surface area contributed by atoms with Crippen molar-refractivity contribution >= 4 is 15.9 Å². The van der Waals surface area contributed by atoms with Crippen LogP contribution < -0.4 is 5.32 Å². The lowest BCUT2D eigenvalue weighted by molar-refractivity contribution is -0.118. The molecule has 0 aliphatic carbocycles. The number of carbonyl (C=O) groups excluding carboxylic acids is 1. The summed E-state index contributed by atoms with van der Waals surface area (Å²) in [5, 5.41) is 2.71. The SMILES string of the molecule is CCCCCCCC(=O)CNCCS(=O)(=O)O. The Balaban J connectivity index is 3.35. The Morgan fingerprint density at radius 3 is 2.41 bits per heavy atom. The predicted molar refractivity (Wildman–Crippen MR) is 67.7 cm³/mol. The van der Waals surface area contributed by atoms with Crippen LogP contribution in [0.4, 0.5) is 0 Å². The normalized spacial score (nSPS) is 11.6. The lowest BCUT2D eigenvalue weighted by Gasteiger charge is -2.03. The summed E-state index contributed by atoms with van der Waals surface area (Å²) in [6.07, 6.45) is 6.08. The third-order valence-corrected chi connectivity index (χ3v) is 3.14. The van der Waals surface area contributed by atoms with E-state index in [0.717, 1.165) is 12.8 Å². The number of hydrogen-bond acceptors (Lipinski definition) is 4. The second kappa shape index (κ2) is 9.56. The maximum atomic E-state index is 11.3. The molecule has 0 amide bonds. The van der Waals surface area contributed by atoms with E-state index in [-0.39, 0.29) is 24.6 Å². The smallest absolute Gasteiger partial charge is 0.266 e. The molecule has 0 atom stereocenters. The van der Waals surface area contributed by atoms with E-state index in [1.54, 1.807) is 0 Å². The minimum Gasteiger partial charge on any atom is -0.309 e. The van der Waals surface area contributed by atoms with Crippen LogP contribution in [-0.2, 0) is 14.9 Å². The van der Waals surface area contributed by atoms with Gasteiger partial charge < -0.3 is 5.32 Å². The summed E-state index contributed by atoms with van der Waals surface area (Å²) in [5.41, 5.74) is 0. The van der Waals surface area contributed by atoms with Crippen LogP contribution in [0.5, 0.6) is 0 Å². The zero-order valence-electron chi connectivity index (χ0n) is 10.4. The van der Waals surface area contributed by atoms with Gasteiger partial charge in [0, 0.05) is 13.0 Å². The van der Waals surface area contributed by atoms with Crippen molar-refractivity contribution in [2.24, 2.45) is 0 Å². The van der Waals surface area contributed by atoms with E-state index in [9.17, 15) is 13.2 Å². The van der Waals surface area contributed by atoms with Crippen molar-refractivity contribution in [1.82, 2.24) is 5.32 Å². The van der Waals surface area contributed by atoms with Gasteiger partial charge in [-0.2, -0.15) is 8.42 Å². The van der Waals surface area contributed by atoms with Gasteiger partial charge in [0.1, 0.15) is 5.78 Å². The lowest BCUT2D eigenvalue weighted by Crippen LogP contribution is -2.28. The molecule has 0 aliphatic heterocycles. The molecule has 0 aromatic carbocycles. The highest BCUT2D eigenvalue weighted by atomic mass is 32.2. The van der Waals surface area contributed by atoms with E-state index in [0.29, 0.717) is 6.42 Å². The molecule has 0 bridgehead atoms. The van der Waals surface area contributed by atoms with E-state index in [1.807, 2.05) is 0 Å². The molecule has 102 valence electrons. The molecular formula is C11H23NO4S. The van der Waals surface area contributed by atoms with Crippen molar-refractivity contribution in [2.45, 2.75) is 45.4 Å². The average Bonchev–Trinajstić information content (AvgIpc) is 2.23. The van der Waals surface area contributed by atoms with Crippen LogP contribution in [-0.4, -0.2) is 37.6 Å². The van der Waals surface area contributed by atoms with Gasteiger partial charge in [0.25, 0.3) is 10.1 Å². The summed E-state index contributed by atoms with van der Waals surface area (Å²) >= 11 is 0. The third kappa shape index (κ3) is 13.5. The van der Waals surface area contributed by atoms with E-state index in [1.165, 1.54) is 19.3 Å². The van der Waals surface area contributed by atoms with Crippen molar-refractivity contribution in [3.05, 3.63) is 0 Å². The quantitative estimate of drug-likeness (QED) is 0.436. The first-order valence-electron chi connectivity index (χ1n) is 6.13. The second-order valence-corrected chi connectivity index (χ2v) is 5.74. The first-order chi connectivity index (χ1) is 7.95. The number of nitrogens with one attached hydrogen (secondary N) is 1. The molecule has 5 nitrogen and oxygen atoms in total. The third-order valence-electron chi connectivity index (χ3n) is 2.42. The number of ketones is 1. The van der Waals surface area contributed by atoms with Crippen LogP contribution in [0.2, 0.25) is 0 Å². The van der Waals surface area contributed by atoms with Gasteiger partial charge in [-0.15, -0.1) is 0 Å². The molecule has 0 saturated carbocycles. The number of carbonyl (C=O) groups is 1. The lowest BCUT2D eigenvalue weighted by atomic mass is 10.1. The monoisotopic (exact) mass is 265 g/mol. The van der Waals surface area contributed by atoms with Gasteiger partial charge in [-0.1, -0.05) is 32.6 Å². The number of hydrogen-bond donors (Lipinski definition) is 2. The van der Waals surface area contributed by atoms with Crippen LogP contribution in [0.1, 0.15) is 45.4 Å². The molecule has 0 aromatic rings. The molecule has 0 rings (SSSR count). The van der Waals surface area contributed by atoms with Crippen molar-refractivity contribution in [3.63, 3.8) is 0 Å². The Morgan fingerprint density at radius 1 is 1.18 bits per heavy atom. The van der Waals surface area contributed by atoms with Crippen molar-refractivity contribution in [2.75, 3.05) is 18.8 Å². The fourth-order valence-corrected chi connectivity index (χ4v) is 1.85. The maximum Gasteiger partial charge on any atom is 0.266 e. The summed E-state index contributed by atoms with van der Waals surface area (Å²) in [7, 11) is -3.92. The highest BCUT2D eigenvalue weighted by molar-refractivity contribution is 7.85. The molecule has 17 heavy (non-hydrogen) atoms. The standard InChI is InChI=1S/C11H23NO4S/c1-2-3-4-5-6-7-11(13)10-12-8-9-17(14,15)16/h12H,2-10H2,1H3,(H,14,15,16). The zero-order valence-corrected chi connectivity index (χ0v) is 11.3. The van der Waals surface area contributed by atoms with Gasteiger partial charge >= 0.3 is 0 Å². The average molecular weight is 265 g/mol. The first kappa shape index (κ1) is 16.5. The molecule has 0 radical (unpaired) electrons. The molecule has 6 heteroatoms. The van der Waals surface area contributed by atoms with E-state index in [2.05, 4.69) is 12.2 Å². The summed E-state index contributed by atoms with van der Waals surface area (Å²) in [5.74, 6) is -0.256. The Bertz CT molecular complexity index is 301. The molecule has 0 aliphatic rings. The van der Waals surface area contributed by atoms with Crippen molar-refractivity contribution in [3.8, 4) is 0 Å². The van der Waals surface area contributed by atoms with Gasteiger partial charge in [-0.05, 0) is 6.42 Å². The van der Waals surface area contributed by atoms with E-state index >= 15 is 0 Å². The fraction of sp³-hybridized carbons (Fsp3) is 0.909. The van der Waals surface area contributed by atoms with Crippen LogP contribution in [0.25, 0.3) is 0 Å². The zero-order chi connectivity index (χ0) is 13.1. The number of rotatable bonds is 11. The summed E-state index contributed by atoms with van der Waals surface area (Å²) in [6.45, 7) is 2.44. The van der Waals surface area contributed by atoms with E-state index < -0.39 is 10.1 Å². The molecule has 0 unspecified atom stereocenters. The number of unbranched alkanes of at least 4 members (excludes halogenated alkanes) is 4. The van der Waals surface area contributed by atoms with E-state index in [4.69, 9.17) is 4.55 Å². The fourth-order valence-electron chi connectivity index (χ4n) is 1.44. The largest absolute Gasteiger partial charge is 0.309 e. The topological polar surface area (TPSA) is 83.5 Å². The molecular weight excluding hydrogens is 242 g/mol. The van der Waals surface area contributed by atoms with Crippen LogP contribution in [0.15, 0.2) is 0 Å². The molecule has 0 aromatic heterocycles. The van der Waals surface area contributed by atoms with Crippen molar-refractivity contribution < 1.29 is 17.8 Å². The maximum absolute atomic E-state index is 11.3. The summed E-state index contributed by atoms with van der Waals surface area (Å²) in [4.78, 5) is 11.3. The highest BCUT2D eigenvalue weighted by Crippen LogP contribution is 2.04. The number of Topliss-reactive ketones (excluding diaryl/α,β-unsaturated/α-hetero) is 1. The van der Waals surface area contributed by atoms with Gasteiger partial charge in [-0.3, -0.25) is 9.35 Å². The van der Waals surface area contributed by atoms with Gasteiger partial charge in [0.05, 0.1) is 12.3 Å². The van der Waals surface area contributed by atoms with Crippen LogP contribution >= 0.6 is 0 Å². The van der Waals surface area contributed by atoms with Gasteiger partial charge in [0.15, 0.2) is 0 Å². The molecule has 2 N–H and O–H groups in total.